The van der Waals surface area contributed by atoms with Crippen molar-refractivity contribution in [3.8, 4) is 5.75 Å². The third-order valence-corrected chi connectivity index (χ3v) is 4.18. The molecule has 0 amide bonds. The fraction of sp³-hybridized carbons (Fsp3) is 0.294. The zero-order valence-corrected chi connectivity index (χ0v) is 12.9. The molecule has 1 aromatic carbocycles. The second kappa shape index (κ2) is 6.26. The lowest BCUT2D eigenvalue weighted by molar-refractivity contribution is -0.142. The first-order valence-corrected chi connectivity index (χ1v) is 7.00. The third kappa shape index (κ3) is 2.73. The topological polar surface area (TPSA) is 104 Å². The monoisotopic (exact) mass is 318 g/mol. The Morgan fingerprint density at radius 3 is 2.52 bits per heavy atom. The van der Waals surface area contributed by atoms with Crippen molar-refractivity contribution in [1.82, 2.24) is 0 Å². The van der Waals surface area contributed by atoms with Crippen molar-refractivity contribution in [3.63, 3.8) is 0 Å². The molecule has 0 aromatic heterocycles. The van der Waals surface area contributed by atoms with Gasteiger partial charge >= 0.3 is 11.9 Å². The van der Waals surface area contributed by atoms with Crippen LogP contribution >= 0.6 is 0 Å². The fourth-order valence-corrected chi connectivity index (χ4v) is 2.87. The predicted molar refractivity (Wildman–Crippen MR) is 82.3 cm³/mol. The SMILES string of the molecule is COc1cccc(C2(C(=O)O)C=CC(C)=C(C(=O)O)C2)c1CO. The number of hydrogen-bond donors (Lipinski definition) is 3. The summed E-state index contributed by atoms with van der Waals surface area (Å²) in [6, 6.07) is 4.82. The number of aliphatic carboxylic acids is 2. The second-order valence-electron chi connectivity index (χ2n) is 5.40. The van der Waals surface area contributed by atoms with Gasteiger partial charge in [-0.15, -0.1) is 0 Å². The summed E-state index contributed by atoms with van der Waals surface area (Å²) in [5.74, 6) is -1.96. The highest BCUT2D eigenvalue weighted by Gasteiger charge is 2.44. The van der Waals surface area contributed by atoms with Gasteiger partial charge in [-0.1, -0.05) is 24.3 Å². The molecule has 1 atom stereocenters. The molecular formula is C17H18O6. The Kier molecular flexibility index (Phi) is 4.56. The minimum atomic E-state index is -1.56. The Labute approximate surface area is 133 Å². The van der Waals surface area contributed by atoms with Crippen molar-refractivity contribution < 1.29 is 29.6 Å². The molecule has 0 bridgehead atoms. The molecule has 122 valence electrons. The normalized spacial score (nSPS) is 20.5. The number of aliphatic hydroxyl groups is 1. The summed E-state index contributed by atoms with van der Waals surface area (Å²) in [7, 11) is 1.43. The number of allylic oxidation sites excluding steroid dienone is 2. The van der Waals surface area contributed by atoms with Gasteiger partial charge in [0.25, 0.3) is 0 Å². The van der Waals surface area contributed by atoms with E-state index in [0.29, 0.717) is 22.4 Å². The lowest BCUT2D eigenvalue weighted by atomic mass is 9.70. The van der Waals surface area contributed by atoms with Crippen molar-refractivity contribution in [2.75, 3.05) is 7.11 Å². The highest BCUT2D eigenvalue weighted by molar-refractivity contribution is 5.94. The van der Waals surface area contributed by atoms with Crippen molar-refractivity contribution >= 4 is 11.9 Å². The van der Waals surface area contributed by atoms with Gasteiger partial charge < -0.3 is 20.1 Å². The largest absolute Gasteiger partial charge is 0.496 e. The summed E-state index contributed by atoms with van der Waals surface area (Å²) < 4.78 is 5.18. The molecule has 1 aliphatic carbocycles. The van der Waals surface area contributed by atoms with E-state index in [-0.39, 0.29) is 12.0 Å². The lowest BCUT2D eigenvalue weighted by Gasteiger charge is -2.32. The van der Waals surface area contributed by atoms with E-state index in [9.17, 15) is 24.9 Å². The fourth-order valence-electron chi connectivity index (χ4n) is 2.87. The van der Waals surface area contributed by atoms with Crippen molar-refractivity contribution in [2.24, 2.45) is 0 Å². The number of ether oxygens (including phenoxy) is 1. The van der Waals surface area contributed by atoms with Crippen LogP contribution < -0.4 is 4.74 Å². The van der Waals surface area contributed by atoms with Crippen LogP contribution in [0.2, 0.25) is 0 Å². The van der Waals surface area contributed by atoms with Gasteiger partial charge in [0.05, 0.1) is 13.7 Å². The molecule has 1 aliphatic rings. The van der Waals surface area contributed by atoms with E-state index in [1.54, 1.807) is 25.1 Å². The van der Waals surface area contributed by atoms with E-state index in [2.05, 4.69) is 0 Å². The van der Waals surface area contributed by atoms with Crippen LogP contribution in [0.3, 0.4) is 0 Å². The number of benzene rings is 1. The molecule has 0 radical (unpaired) electrons. The Hall–Kier alpha value is -2.60. The van der Waals surface area contributed by atoms with E-state index in [0.717, 1.165) is 0 Å². The van der Waals surface area contributed by atoms with Gasteiger partial charge in [0.15, 0.2) is 0 Å². The summed E-state index contributed by atoms with van der Waals surface area (Å²) in [5, 5.41) is 28.8. The molecule has 6 heteroatoms. The molecule has 0 saturated heterocycles. The molecule has 2 rings (SSSR count). The summed E-state index contributed by atoms with van der Waals surface area (Å²) in [4.78, 5) is 23.5. The first-order valence-electron chi connectivity index (χ1n) is 7.00. The van der Waals surface area contributed by atoms with Crippen molar-refractivity contribution in [3.05, 3.63) is 52.6 Å². The number of carboxylic acids is 2. The minimum Gasteiger partial charge on any atom is -0.496 e. The molecule has 1 unspecified atom stereocenters. The Bertz CT molecular complexity index is 716. The van der Waals surface area contributed by atoms with E-state index >= 15 is 0 Å². The van der Waals surface area contributed by atoms with Gasteiger partial charge in [-0.05, 0) is 24.1 Å². The Morgan fingerprint density at radius 1 is 1.30 bits per heavy atom. The molecule has 1 aromatic rings. The lowest BCUT2D eigenvalue weighted by Crippen LogP contribution is -2.38. The Balaban J connectivity index is 2.69. The van der Waals surface area contributed by atoms with Crippen LogP contribution in [0, 0.1) is 0 Å². The number of carbonyl (C=O) groups is 2. The predicted octanol–water partition coefficient (Wildman–Crippen LogP) is 1.87. The van der Waals surface area contributed by atoms with Crippen LogP contribution in [-0.4, -0.2) is 34.4 Å². The molecule has 0 aliphatic heterocycles. The minimum absolute atomic E-state index is 0.0432. The third-order valence-electron chi connectivity index (χ3n) is 4.18. The standard InChI is InChI=1S/C17H18O6/c1-10-6-7-17(16(21)22,8-11(10)15(19)20)13-4-3-5-14(23-2)12(13)9-18/h3-7,18H,8-9H2,1-2H3,(H,19,20)(H,21,22). The van der Waals surface area contributed by atoms with Crippen molar-refractivity contribution in [1.29, 1.82) is 0 Å². The van der Waals surface area contributed by atoms with Crippen molar-refractivity contribution in [2.45, 2.75) is 25.4 Å². The highest BCUT2D eigenvalue weighted by atomic mass is 16.5. The maximum atomic E-state index is 12.0. The first kappa shape index (κ1) is 16.8. The summed E-state index contributed by atoms with van der Waals surface area (Å²) in [6.45, 7) is 1.22. The van der Waals surface area contributed by atoms with Gasteiger partial charge in [-0.2, -0.15) is 0 Å². The zero-order valence-electron chi connectivity index (χ0n) is 12.9. The average Bonchev–Trinajstić information content (AvgIpc) is 2.54. The van der Waals surface area contributed by atoms with Gasteiger partial charge in [-0.3, -0.25) is 4.79 Å². The molecule has 6 nitrogen and oxygen atoms in total. The van der Waals surface area contributed by atoms with E-state index in [1.807, 2.05) is 0 Å². The van der Waals surface area contributed by atoms with Crippen LogP contribution in [0.15, 0.2) is 41.5 Å². The molecular weight excluding hydrogens is 300 g/mol. The van der Waals surface area contributed by atoms with Gasteiger partial charge in [-0.25, -0.2) is 4.79 Å². The van der Waals surface area contributed by atoms with Crippen LogP contribution in [-0.2, 0) is 21.6 Å². The van der Waals surface area contributed by atoms with E-state index in [1.165, 1.54) is 19.3 Å². The van der Waals surface area contributed by atoms with E-state index < -0.39 is 24.0 Å². The number of hydrogen-bond acceptors (Lipinski definition) is 4. The second-order valence-corrected chi connectivity index (χ2v) is 5.40. The maximum absolute atomic E-state index is 12.0. The van der Waals surface area contributed by atoms with Crippen LogP contribution in [0.5, 0.6) is 5.75 Å². The van der Waals surface area contributed by atoms with Crippen LogP contribution in [0.1, 0.15) is 24.5 Å². The number of carboxylic acid groups (broad SMARTS) is 2. The average molecular weight is 318 g/mol. The number of methoxy groups -OCH3 is 1. The molecule has 23 heavy (non-hydrogen) atoms. The van der Waals surface area contributed by atoms with Gasteiger partial charge in [0.1, 0.15) is 11.2 Å². The number of aliphatic hydroxyl groups excluding tert-OH is 1. The smallest absolute Gasteiger partial charge is 0.331 e. The van der Waals surface area contributed by atoms with Crippen LogP contribution in [0.25, 0.3) is 0 Å². The van der Waals surface area contributed by atoms with E-state index in [4.69, 9.17) is 4.74 Å². The number of rotatable bonds is 5. The summed E-state index contributed by atoms with van der Waals surface area (Å²) in [5.41, 5.74) is -0.329. The molecule has 0 spiro atoms. The summed E-state index contributed by atoms with van der Waals surface area (Å²) in [6.07, 6.45) is 2.78. The van der Waals surface area contributed by atoms with Crippen LogP contribution in [0.4, 0.5) is 0 Å². The van der Waals surface area contributed by atoms with Gasteiger partial charge in [0.2, 0.25) is 0 Å². The zero-order chi connectivity index (χ0) is 17.2. The summed E-state index contributed by atoms with van der Waals surface area (Å²) >= 11 is 0. The molecule has 0 heterocycles. The molecule has 0 fully saturated rings. The first-order chi connectivity index (χ1) is 10.9. The molecule has 0 saturated carbocycles. The molecule has 3 N–H and O–H groups in total. The highest BCUT2D eigenvalue weighted by Crippen LogP contribution is 2.41. The maximum Gasteiger partial charge on any atom is 0.331 e. The van der Waals surface area contributed by atoms with Gasteiger partial charge in [0, 0.05) is 17.6 Å². The quantitative estimate of drug-likeness (QED) is 0.765. The Morgan fingerprint density at radius 2 is 2.00 bits per heavy atom.